The van der Waals surface area contributed by atoms with Gasteiger partial charge in [0.2, 0.25) is 0 Å². The van der Waals surface area contributed by atoms with Crippen LogP contribution in [0.15, 0.2) is 48.0 Å². The van der Waals surface area contributed by atoms with Crippen molar-refractivity contribution in [2.75, 3.05) is 26.2 Å². The number of hydrogen-bond donors (Lipinski definition) is 0. The number of thiophene rings is 1. The largest absolute Gasteiger partial charge is 0.297 e. The Kier molecular flexibility index (Phi) is 4.60. The molecule has 1 aromatic carbocycles. The normalized spacial score (nSPS) is 16.7. The fourth-order valence-corrected chi connectivity index (χ4v) is 4.09. The van der Waals surface area contributed by atoms with Crippen molar-refractivity contribution in [2.24, 2.45) is 0 Å². The molecule has 1 aliphatic rings. The minimum absolute atomic E-state index is 1.01. The smallest absolute Gasteiger partial charge is 0.0809 e. The molecule has 1 aliphatic heterocycles. The Morgan fingerprint density at radius 2 is 1.58 bits per heavy atom. The van der Waals surface area contributed by atoms with E-state index in [1.807, 2.05) is 6.20 Å². The Bertz CT molecular complexity index is 801. The van der Waals surface area contributed by atoms with Gasteiger partial charge in [0.25, 0.3) is 0 Å². The Labute approximate surface area is 147 Å². The van der Waals surface area contributed by atoms with E-state index in [0.29, 0.717) is 0 Å². The van der Waals surface area contributed by atoms with Gasteiger partial charge in [0.15, 0.2) is 0 Å². The monoisotopic (exact) mass is 337 g/mol. The zero-order valence-electron chi connectivity index (χ0n) is 14.1. The topological polar surface area (TPSA) is 19.4 Å². The second-order valence-corrected chi connectivity index (χ2v) is 7.63. The van der Waals surface area contributed by atoms with E-state index in [1.54, 1.807) is 11.3 Å². The third-order valence-electron chi connectivity index (χ3n) is 4.76. The van der Waals surface area contributed by atoms with Crippen LogP contribution in [0.1, 0.15) is 16.7 Å². The van der Waals surface area contributed by atoms with Gasteiger partial charge >= 0.3 is 0 Å². The summed E-state index contributed by atoms with van der Waals surface area (Å²) in [4.78, 5) is 9.66. The summed E-state index contributed by atoms with van der Waals surface area (Å²) in [6.45, 7) is 8.77. The molecule has 0 N–H and O–H groups in total. The van der Waals surface area contributed by atoms with Crippen LogP contribution in [0.5, 0.6) is 0 Å². The summed E-state index contributed by atoms with van der Waals surface area (Å²) in [6, 6.07) is 13.3. The molecule has 2 aromatic heterocycles. The van der Waals surface area contributed by atoms with Gasteiger partial charge in [0.05, 0.1) is 10.2 Å². The Morgan fingerprint density at radius 3 is 2.29 bits per heavy atom. The van der Waals surface area contributed by atoms with Gasteiger partial charge in [-0.15, -0.1) is 11.3 Å². The summed E-state index contributed by atoms with van der Waals surface area (Å²) in [6.07, 6.45) is 2.04. The highest BCUT2D eigenvalue weighted by Gasteiger charge is 2.17. The number of nitrogens with zero attached hydrogens (tertiary/aromatic N) is 3. The van der Waals surface area contributed by atoms with Gasteiger partial charge in [-0.25, -0.2) is 0 Å². The first-order valence-corrected chi connectivity index (χ1v) is 9.47. The highest BCUT2D eigenvalue weighted by atomic mass is 32.1. The van der Waals surface area contributed by atoms with Gasteiger partial charge < -0.3 is 0 Å². The van der Waals surface area contributed by atoms with Gasteiger partial charge in [0, 0.05) is 45.5 Å². The van der Waals surface area contributed by atoms with E-state index in [-0.39, 0.29) is 0 Å². The third-order valence-corrected chi connectivity index (χ3v) is 5.61. The number of hydrogen-bond acceptors (Lipinski definition) is 4. The first-order valence-electron chi connectivity index (χ1n) is 8.59. The number of fused-ring (bicyclic) bond motifs is 1. The van der Waals surface area contributed by atoms with Gasteiger partial charge in [-0.3, -0.25) is 14.8 Å². The van der Waals surface area contributed by atoms with Gasteiger partial charge in [-0.1, -0.05) is 29.8 Å². The van der Waals surface area contributed by atoms with Crippen LogP contribution in [0.4, 0.5) is 0 Å². The van der Waals surface area contributed by atoms with Gasteiger partial charge in [-0.05, 0) is 35.6 Å². The van der Waals surface area contributed by atoms with Crippen molar-refractivity contribution in [1.82, 2.24) is 14.8 Å². The molecule has 3 aromatic rings. The van der Waals surface area contributed by atoms with E-state index >= 15 is 0 Å². The molecular formula is C20H23N3S. The summed E-state index contributed by atoms with van der Waals surface area (Å²) >= 11 is 1.78. The first kappa shape index (κ1) is 15.8. The Morgan fingerprint density at radius 1 is 0.917 bits per heavy atom. The van der Waals surface area contributed by atoms with Crippen LogP contribution in [-0.4, -0.2) is 41.0 Å². The van der Waals surface area contributed by atoms with Crippen molar-refractivity contribution in [3.8, 4) is 0 Å². The highest BCUT2D eigenvalue weighted by molar-refractivity contribution is 7.17. The molecule has 0 saturated carbocycles. The van der Waals surface area contributed by atoms with Gasteiger partial charge in [0.1, 0.15) is 0 Å². The zero-order valence-corrected chi connectivity index (χ0v) is 14.9. The minimum Gasteiger partial charge on any atom is -0.297 e. The molecule has 24 heavy (non-hydrogen) atoms. The molecule has 3 heterocycles. The van der Waals surface area contributed by atoms with Crippen LogP contribution < -0.4 is 0 Å². The number of aryl methyl sites for hydroxylation is 1. The molecule has 0 spiro atoms. The number of pyridine rings is 1. The second-order valence-electron chi connectivity index (χ2n) is 6.69. The van der Waals surface area contributed by atoms with Crippen LogP contribution in [0.25, 0.3) is 10.2 Å². The van der Waals surface area contributed by atoms with E-state index in [0.717, 1.165) is 44.8 Å². The molecule has 1 saturated heterocycles. The van der Waals surface area contributed by atoms with Crippen molar-refractivity contribution in [1.29, 1.82) is 0 Å². The molecule has 4 rings (SSSR count). The molecule has 0 amide bonds. The number of aromatic nitrogens is 1. The van der Waals surface area contributed by atoms with E-state index in [4.69, 9.17) is 0 Å². The van der Waals surface area contributed by atoms with Crippen molar-refractivity contribution in [3.63, 3.8) is 0 Å². The predicted molar refractivity (Wildman–Crippen MR) is 101 cm³/mol. The van der Waals surface area contributed by atoms with Crippen molar-refractivity contribution in [2.45, 2.75) is 20.0 Å². The maximum atomic E-state index is 4.56. The van der Waals surface area contributed by atoms with Crippen LogP contribution in [0.3, 0.4) is 0 Å². The highest BCUT2D eigenvalue weighted by Crippen LogP contribution is 2.20. The average Bonchev–Trinajstić information content (AvgIpc) is 3.06. The SMILES string of the molecule is Cc1ccc(CN2CCN(Cc3cnc4ccsc4c3)CC2)cc1. The summed E-state index contributed by atoms with van der Waals surface area (Å²) in [7, 11) is 0. The minimum atomic E-state index is 1.01. The van der Waals surface area contributed by atoms with Crippen LogP contribution in [0.2, 0.25) is 0 Å². The summed E-state index contributed by atoms with van der Waals surface area (Å²) in [5.41, 5.74) is 5.20. The maximum absolute atomic E-state index is 4.56. The summed E-state index contributed by atoms with van der Waals surface area (Å²) < 4.78 is 1.30. The molecule has 0 unspecified atom stereocenters. The van der Waals surface area contributed by atoms with Crippen molar-refractivity contribution in [3.05, 3.63) is 64.7 Å². The number of piperazine rings is 1. The van der Waals surface area contributed by atoms with Crippen LogP contribution in [0, 0.1) is 6.92 Å². The lowest BCUT2D eigenvalue weighted by Crippen LogP contribution is -2.45. The molecule has 0 atom stereocenters. The third kappa shape index (κ3) is 3.66. The van der Waals surface area contributed by atoms with E-state index in [9.17, 15) is 0 Å². The van der Waals surface area contributed by atoms with Crippen molar-refractivity contribution < 1.29 is 0 Å². The van der Waals surface area contributed by atoms with E-state index < -0.39 is 0 Å². The second kappa shape index (κ2) is 7.01. The lowest BCUT2D eigenvalue weighted by molar-refractivity contribution is 0.122. The van der Waals surface area contributed by atoms with E-state index in [2.05, 4.69) is 63.5 Å². The summed E-state index contributed by atoms with van der Waals surface area (Å²) in [5, 5.41) is 2.12. The molecule has 1 fully saturated rings. The molecule has 4 heteroatoms. The maximum Gasteiger partial charge on any atom is 0.0809 e. The zero-order chi connectivity index (χ0) is 16.4. The first-order chi connectivity index (χ1) is 11.8. The average molecular weight is 337 g/mol. The molecule has 0 bridgehead atoms. The van der Waals surface area contributed by atoms with Crippen LogP contribution in [-0.2, 0) is 13.1 Å². The lowest BCUT2D eigenvalue weighted by Gasteiger charge is -2.34. The number of benzene rings is 1. The van der Waals surface area contributed by atoms with Crippen molar-refractivity contribution >= 4 is 21.6 Å². The Balaban J connectivity index is 1.31. The Hall–Kier alpha value is -1.75. The quantitative estimate of drug-likeness (QED) is 0.719. The molecule has 0 radical (unpaired) electrons. The fourth-order valence-electron chi connectivity index (χ4n) is 3.29. The molecule has 0 aliphatic carbocycles. The molecule has 3 nitrogen and oxygen atoms in total. The van der Waals surface area contributed by atoms with Gasteiger partial charge in [-0.2, -0.15) is 0 Å². The number of rotatable bonds is 4. The fraction of sp³-hybridized carbons (Fsp3) is 0.350. The van der Waals surface area contributed by atoms with Crippen LogP contribution >= 0.6 is 11.3 Å². The lowest BCUT2D eigenvalue weighted by atomic mass is 10.1. The van der Waals surface area contributed by atoms with E-state index in [1.165, 1.54) is 21.4 Å². The molecule has 124 valence electrons. The standard InChI is InChI=1S/C20H23N3S/c1-16-2-4-17(5-3-16)14-22-7-9-23(10-8-22)15-18-12-20-19(21-13-18)6-11-24-20/h2-6,11-13H,7-10,14-15H2,1H3. The predicted octanol–water partition coefficient (Wildman–Crippen LogP) is 3.92. The molecular weight excluding hydrogens is 314 g/mol. The summed E-state index contributed by atoms with van der Waals surface area (Å²) in [5.74, 6) is 0.